The van der Waals surface area contributed by atoms with E-state index in [9.17, 15) is 20.0 Å². The summed E-state index contributed by atoms with van der Waals surface area (Å²) >= 11 is 5.71. The molecule has 114 valence electrons. The number of aliphatic carboxylic acids is 1. The SMILES string of the molecule is CC1CCCC(Nc2ncc(Cl)cc2[N+](=O)[O-])(C(=O)O)C1. The van der Waals surface area contributed by atoms with Crippen LogP contribution in [0, 0.1) is 16.0 Å². The quantitative estimate of drug-likeness (QED) is 0.653. The Kier molecular flexibility index (Phi) is 4.32. The van der Waals surface area contributed by atoms with Crippen molar-refractivity contribution in [3.05, 3.63) is 27.4 Å². The van der Waals surface area contributed by atoms with Gasteiger partial charge in [-0.15, -0.1) is 0 Å². The van der Waals surface area contributed by atoms with Gasteiger partial charge in [-0.25, -0.2) is 9.78 Å². The van der Waals surface area contributed by atoms with Gasteiger partial charge in [-0.1, -0.05) is 31.4 Å². The highest BCUT2D eigenvalue weighted by Crippen LogP contribution is 2.37. The predicted molar refractivity (Wildman–Crippen MR) is 77.5 cm³/mol. The lowest BCUT2D eigenvalue weighted by atomic mass is 9.76. The molecular formula is C13H16ClN3O4. The lowest BCUT2D eigenvalue weighted by molar-refractivity contribution is -0.384. The Bertz CT molecular complexity index is 581. The molecule has 0 aromatic carbocycles. The highest BCUT2D eigenvalue weighted by molar-refractivity contribution is 6.30. The normalized spacial score (nSPS) is 25.3. The minimum absolute atomic E-state index is 0.0547. The highest BCUT2D eigenvalue weighted by Gasteiger charge is 2.43. The Morgan fingerprint density at radius 2 is 2.38 bits per heavy atom. The minimum atomic E-state index is -1.22. The summed E-state index contributed by atoms with van der Waals surface area (Å²) in [5.74, 6) is -0.838. The lowest BCUT2D eigenvalue weighted by Gasteiger charge is -2.37. The summed E-state index contributed by atoms with van der Waals surface area (Å²) < 4.78 is 0. The maximum Gasteiger partial charge on any atom is 0.329 e. The van der Waals surface area contributed by atoms with Crippen LogP contribution in [0.2, 0.25) is 5.02 Å². The largest absolute Gasteiger partial charge is 0.480 e. The number of hydrogen-bond donors (Lipinski definition) is 2. The summed E-state index contributed by atoms with van der Waals surface area (Å²) in [7, 11) is 0. The monoisotopic (exact) mass is 313 g/mol. The Balaban J connectivity index is 2.38. The van der Waals surface area contributed by atoms with Crippen LogP contribution in [-0.4, -0.2) is 26.5 Å². The molecule has 1 aromatic heterocycles. The number of carboxylic acid groups (broad SMARTS) is 1. The van der Waals surface area contributed by atoms with Crippen molar-refractivity contribution in [3.63, 3.8) is 0 Å². The number of aromatic nitrogens is 1. The molecule has 2 atom stereocenters. The zero-order chi connectivity index (χ0) is 15.6. The van der Waals surface area contributed by atoms with Gasteiger partial charge in [-0.2, -0.15) is 0 Å². The van der Waals surface area contributed by atoms with E-state index in [-0.39, 0.29) is 22.4 Å². The molecule has 8 heteroatoms. The smallest absolute Gasteiger partial charge is 0.329 e. The van der Waals surface area contributed by atoms with Crippen molar-refractivity contribution in [1.29, 1.82) is 0 Å². The molecule has 7 nitrogen and oxygen atoms in total. The number of carbonyl (C=O) groups is 1. The zero-order valence-corrected chi connectivity index (χ0v) is 12.3. The molecule has 0 bridgehead atoms. The van der Waals surface area contributed by atoms with E-state index in [1.807, 2.05) is 6.92 Å². The molecule has 21 heavy (non-hydrogen) atoms. The van der Waals surface area contributed by atoms with Crippen molar-refractivity contribution in [2.45, 2.75) is 38.1 Å². The van der Waals surface area contributed by atoms with Crippen molar-refractivity contribution in [1.82, 2.24) is 4.98 Å². The average molecular weight is 314 g/mol. The molecule has 0 radical (unpaired) electrons. The third-order valence-electron chi connectivity index (χ3n) is 3.80. The van der Waals surface area contributed by atoms with E-state index in [0.717, 1.165) is 12.8 Å². The lowest BCUT2D eigenvalue weighted by Crippen LogP contribution is -2.49. The average Bonchev–Trinajstić information content (AvgIpc) is 2.40. The van der Waals surface area contributed by atoms with Crippen molar-refractivity contribution in [2.24, 2.45) is 5.92 Å². The number of anilines is 1. The first-order chi connectivity index (χ1) is 9.84. The van der Waals surface area contributed by atoms with Gasteiger partial charge in [0.2, 0.25) is 5.82 Å². The Morgan fingerprint density at radius 3 is 2.95 bits per heavy atom. The second-order valence-electron chi connectivity index (χ2n) is 5.49. The van der Waals surface area contributed by atoms with Crippen LogP contribution in [0.25, 0.3) is 0 Å². The van der Waals surface area contributed by atoms with Crippen LogP contribution in [0.4, 0.5) is 11.5 Å². The number of pyridine rings is 1. The molecule has 2 N–H and O–H groups in total. The summed E-state index contributed by atoms with van der Waals surface area (Å²) in [5.41, 5.74) is -1.54. The van der Waals surface area contributed by atoms with Crippen molar-refractivity contribution >= 4 is 29.1 Å². The fourth-order valence-electron chi connectivity index (χ4n) is 2.80. The van der Waals surface area contributed by atoms with Crippen LogP contribution in [0.15, 0.2) is 12.3 Å². The molecule has 1 saturated carbocycles. The molecular weight excluding hydrogens is 298 g/mol. The summed E-state index contributed by atoms with van der Waals surface area (Å²) in [6, 6.07) is 1.17. The molecule has 1 aliphatic carbocycles. The van der Waals surface area contributed by atoms with E-state index in [2.05, 4.69) is 10.3 Å². The first-order valence-electron chi connectivity index (χ1n) is 6.65. The van der Waals surface area contributed by atoms with Gasteiger partial charge in [0.25, 0.3) is 0 Å². The van der Waals surface area contributed by atoms with E-state index in [1.54, 1.807) is 0 Å². The maximum atomic E-state index is 11.7. The molecule has 2 unspecified atom stereocenters. The summed E-state index contributed by atoms with van der Waals surface area (Å²) in [5, 5.41) is 23.6. The van der Waals surface area contributed by atoms with Gasteiger partial charge in [0.05, 0.1) is 9.95 Å². The Labute approximate surface area is 126 Å². The van der Waals surface area contributed by atoms with Crippen LogP contribution in [0.3, 0.4) is 0 Å². The van der Waals surface area contributed by atoms with Crippen molar-refractivity contribution < 1.29 is 14.8 Å². The van der Waals surface area contributed by atoms with E-state index >= 15 is 0 Å². The third kappa shape index (κ3) is 3.24. The van der Waals surface area contributed by atoms with Gasteiger partial charge in [0.1, 0.15) is 5.54 Å². The first-order valence-corrected chi connectivity index (χ1v) is 7.03. The van der Waals surface area contributed by atoms with E-state index in [0.29, 0.717) is 12.8 Å². The number of rotatable bonds is 4. The molecule has 2 rings (SSSR count). The number of nitrogens with one attached hydrogen (secondary N) is 1. The van der Waals surface area contributed by atoms with Gasteiger partial charge >= 0.3 is 11.7 Å². The van der Waals surface area contributed by atoms with Crippen LogP contribution in [-0.2, 0) is 4.79 Å². The molecule has 0 amide bonds. The molecule has 0 saturated heterocycles. The molecule has 1 heterocycles. The van der Waals surface area contributed by atoms with Gasteiger partial charge in [0, 0.05) is 12.3 Å². The molecule has 1 aliphatic rings. The molecule has 1 fully saturated rings. The molecule has 0 aliphatic heterocycles. The molecule has 0 spiro atoms. The van der Waals surface area contributed by atoms with Gasteiger partial charge in [-0.3, -0.25) is 10.1 Å². The van der Waals surface area contributed by atoms with E-state index in [4.69, 9.17) is 11.6 Å². The van der Waals surface area contributed by atoms with Crippen LogP contribution in [0.5, 0.6) is 0 Å². The van der Waals surface area contributed by atoms with Crippen LogP contribution in [0.1, 0.15) is 32.6 Å². The number of halogens is 1. The number of hydrogen-bond acceptors (Lipinski definition) is 5. The van der Waals surface area contributed by atoms with Crippen LogP contribution < -0.4 is 5.32 Å². The number of nitro groups is 1. The van der Waals surface area contributed by atoms with Gasteiger partial charge < -0.3 is 10.4 Å². The third-order valence-corrected chi connectivity index (χ3v) is 4.00. The summed E-state index contributed by atoms with van der Waals surface area (Å²) in [6.45, 7) is 1.97. The first kappa shape index (κ1) is 15.5. The number of carboxylic acids is 1. The Morgan fingerprint density at radius 1 is 1.67 bits per heavy atom. The van der Waals surface area contributed by atoms with E-state index < -0.39 is 16.4 Å². The predicted octanol–water partition coefficient (Wildman–Crippen LogP) is 3.09. The maximum absolute atomic E-state index is 11.7. The molecule has 1 aromatic rings. The summed E-state index contributed by atoms with van der Waals surface area (Å²) in [4.78, 5) is 26.0. The van der Waals surface area contributed by atoms with E-state index in [1.165, 1.54) is 12.3 Å². The topological polar surface area (TPSA) is 105 Å². The second-order valence-corrected chi connectivity index (χ2v) is 5.93. The second kappa shape index (κ2) is 5.85. The minimum Gasteiger partial charge on any atom is -0.480 e. The fraction of sp³-hybridized carbons (Fsp3) is 0.538. The van der Waals surface area contributed by atoms with Gasteiger partial charge in [-0.05, 0) is 18.8 Å². The van der Waals surface area contributed by atoms with Crippen molar-refractivity contribution in [2.75, 3.05) is 5.32 Å². The highest BCUT2D eigenvalue weighted by atomic mass is 35.5. The zero-order valence-electron chi connectivity index (χ0n) is 11.5. The van der Waals surface area contributed by atoms with Crippen molar-refractivity contribution in [3.8, 4) is 0 Å². The summed E-state index contributed by atoms with van der Waals surface area (Å²) in [6.07, 6.45) is 3.78. The van der Waals surface area contributed by atoms with Gasteiger partial charge in [0.15, 0.2) is 0 Å². The standard InChI is InChI=1S/C13H16ClN3O4/c1-8-3-2-4-13(6-8,12(18)19)16-11-10(17(20)21)5-9(14)7-15-11/h5,7-8H,2-4,6H2,1H3,(H,15,16)(H,18,19). The Hall–Kier alpha value is -1.89. The number of nitrogens with zero attached hydrogens (tertiary/aromatic N) is 2. The fourth-order valence-corrected chi connectivity index (χ4v) is 2.96. The van der Waals surface area contributed by atoms with Crippen LogP contribution >= 0.6 is 11.6 Å².